The molecule has 4 heteroatoms. The maximum atomic E-state index is 12.1. The van der Waals surface area contributed by atoms with Gasteiger partial charge in [-0.05, 0) is 12.1 Å². The number of halogens is 1. The van der Waals surface area contributed by atoms with Gasteiger partial charge in [-0.3, -0.25) is 0 Å². The molecular formula is C10H15ClNOP. The van der Waals surface area contributed by atoms with Gasteiger partial charge in [0.05, 0.1) is 10.7 Å². The van der Waals surface area contributed by atoms with Crippen LogP contribution in [-0.2, 0) is 4.57 Å². The van der Waals surface area contributed by atoms with E-state index in [0.717, 1.165) is 5.69 Å². The Labute approximate surface area is 90.1 Å². The summed E-state index contributed by atoms with van der Waals surface area (Å²) in [5.74, 6) is 0. The van der Waals surface area contributed by atoms with E-state index in [1.165, 1.54) is 0 Å². The first kappa shape index (κ1) is 11.6. The highest BCUT2D eigenvalue weighted by Gasteiger charge is 2.17. The lowest BCUT2D eigenvalue weighted by Gasteiger charge is -2.17. The Morgan fingerprint density at radius 1 is 1.29 bits per heavy atom. The van der Waals surface area contributed by atoms with Crippen LogP contribution in [0.2, 0.25) is 5.02 Å². The fourth-order valence-corrected chi connectivity index (χ4v) is 2.80. The Bertz CT molecular complexity index is 346. The highest BCUT2D eigenvalue weighted by Crippen LogP contribution is 2.45. The molecule has 0 saturated carbocycles. The van der Waals surface area contributed by atoms with Crippen LogP contribution < -0.4 is 5.09 Å². The van der Waals surface area contributed by atoms with Crippen LogP contribution in [0.1, 0.15) is 13.8 Å². The number of benzene rings is 1. The van der Waals surface area contributed by atoms with Crippen molar-refractivity contribution >= 4 is 24.6 Å². The summed E-state index contributed by atoms with van der Waals surface area (Å²) >= 11 is 5.96. The van der Waals surface area contributed by atoms with Gasteiger partial charge in [0.2, 0.25) is 0 Å². The van der Waals surface area contributed by atoms with E-state index in [4.69, 9.17) is 11.6 Å². The molecule has 0 aliphatic carbocycles. The Kier molecular flexibility index (Phi) is 4.03. The third kappa shape index (κ3) is 2.76. The first-order valence-corrected chi connectivity index (χ1v) is 7.17. The van der Waals surface area contributed by atoms with Crippen molar-refractivity contribution in [1.82, 2.24) is 0 Å². The standard InChI is InChI=1S/C10H15ClNOP/c1-3-14(13,4-2)12-10-8-6-5-7-9(10)11/h5-8H,3-4H2,1-2H3,(H,12,13). The van der Waals surface area contributed by atoms with E-state index in [9.17, 15) is 4.57 Å². The maximum Gasteiger partial charge on any atom is 0.169 e. The fraction of sp³-hybridized carbons (Fsp3) is 0.400. The molecular weight excluding hydrogens is 217 g/mol. The lowest BCUT2D eigenvalue weighted by molar-refractivity contribution is 0.579. The van der Waals surface area contributed by atoms with Gasteiger partial charge in [0, 0.05) is 12.3 Å². The van der Waals surface area contributed by atoms with Gasteiger partial charge in [-0.15, -0.1) is 0 Å². The highest BCUT2D eigenvalue weighted by molar-refractivity contribution is 7.65. The van der Waals surface area contributed by atoms with Crippen LogP contribution in [0.3, 0.4) is 0 Å². The maximum absolute atomic E-state index is 12.1. The molecule has 0 spiro atoms. The number of hydrogen-bond acceptors (Lipinski definition) is 1. The minimum absolute atomic E-state index is 0.620. The van der Waals surface area contributed by atoms with Gasteiger partial charge in [0.25, 0.3) is 0 Å². The summed E-state index contributed by atoms with van der Waals surface area (Å²) in [4.78, 5) is 0. The number of para-hydroxylation sites is 1. The van der Waals surface area contributed by atoms with Crippen molar-refractivity contribution in [2.75, 3.05) is 17.4 Å². The Hall–Kier alpha value is -0.460. The highest BCUT2D eigenvalue weighted by atomic mass is 35.5. The largest absolute Gasteiger partial charge is 0.335 e. The van der Waals surface area contributed by atoms with Crippen LogP contribution in [0.5, 0.6) is 0 Å². The average Bonchev–Trinajstić information content (AvgIpc) is 2.21. The van der Waals surface area contributed by atoms with Crippen LogP contribution in [0.4, 0.5) is 5.69 Å². The van der Waals surface area contributed by atoms with Gasteiger partial charge in [0.1, 0.15) is 0 Å². The molecule has 14 heavy (non-hydrogen) atoms. The van der Waals surface area contributed by atoms with Gasteiger partial charge in [-0.2, -0.15) is 0 Å². The second kappa shape index (κ2) is 4.86. The molecule has 0 aromatic heterocycles. The van der Waals surface area contributed by atoms with Crippen molar-refractivity contribution in [3.63, 3.8) is 0 Å². The number of rotatable bonds is 4. The summed E-state index contributed by atoms with van der Waals surface area (Å²) in [5, 5.41) is 3.67. The van der Waals surface area contributed by atoms with E-state index >= 15 is 0 Å². The molecule has 0 heterocycles. The molecule has 0 atom stereocenters. The lowest BCUT2D eigenvalue weighted by Crippen LogP contribution is -2.01. The molecule has 0 saturated heterocycles. The van der Waals surface area contributed by atoms with E-state index in [-0.39, 0.29) is 0 Å². The van der Waals surface area contributed by atoms with Crippen LogP contribution >= 0.6 is 18.9 Å². The van der Waals surface area contributed by atoms with E-state index in [2.05, 4.69) is 5.09 Å². The molecule has 1 aromatic rings. The van der Waals surface area contributed by atoms with Crippen molar-refractivity contribution in [2.24, 2.45) is 0 Å². The molecule has 0 unspecified atom stereocenters. The lowest BCUT2D eigenvalue weighted by atomic mass is 10.3. The zero-order valence-corrected chi connectivity index (χ0v) is 10.1. The molecule has 1 N–H and O–H groups in total. The quantitative estimate of drug-likeness (QED) is 0.792. The molecule has 0 fully saturated rings. The van der Waals surface area contributed by atoms with Crippen molar-refractivity contribution in [1.29, 1.82) is 0 Å². The minimum Gasteiger partial charge on any atom is -0.335 e. The topological polar surface area (TPSA) is 29.1 Å². The van der Waals surface area contributed by atoms with Crippen molar-refractivity contribution in [3.05, 3.63) is 29.3 Å². The Morgan fingerprint density at radius 3 is 2.36 bits per heavy atom. The molecule has 0 aliphatic rings. The second-order valence-electron chi connectivity index (χ2n) is 3.11. The Morgan fingerprint density at radius 2 is 1.86 bits per heavy atom. The zero-order valence-electron chi connectivity index (χ0n) is 8.46. The van der Waals surface area contributed by atoms with E-state index in [1.807, 2.05) is 32.0 Å². The molecule has 1 aromatic carbocycles. The van der Waals surface area contributed by atoms with Crippen molar-refractivity contribution in [3.8, 4) is 0 Å². The van der Waals surface area contributed by atoms with Crippen molar-refractivity contribution in [2.45, 2.75) is 13.8 Å². The Balaban J connectivity index is 2.88. The van der Waals surface area contributed by atoms with E-state index in [0.29, 0.717) is 17.3 Å². The normalized spacial score (nSPS) is 11.4. The number of hydrogen-bond donors (Lipinski definition) is 1. The van der Waals surface area contributed by atoms with E-state index < -0.39 is 7.29 Å². The number of nitrogens with one attached hydrogen (secondary N) is 1. The fourth-order valence-electron chi connectivity index (χ4n) is 1.15. The van der Waals surface area contributed by atoms with Crippen LogP contribution in [-0.4, -0.2) is 12.3 Å². The summed E-state index contributed by atoms with van der Waals surface area (Å²) in [6.45, 7) is 3.85. The third-order valence-corrected chi connectivity index (χ3v) is 5.24. The third-order valence-electron chi connectivity index (χ3n) is 2.22. The summed E-state index contributed by atoms with van der Waals surface area (Å²) in [5.41, 5.74) is 0.765. The SMILES string of the molecule is CCP(=O)(CC)Nc1ccccc1Cl. The monoisotopic (exact) mass is 231 g/mol. The summed E-state index contributed by atoms with van der Waals surface area (Å²) in [6, 6.07) is 7.38. The van der Waals surface area contributed by atoms with Gasteiger partial charge in [-0.25, -0.2) is 0 Å². The van der Waals surface area contributed by atoms with Crippen LogP contribution in [0.15, 0.2) is 24.3 Å². The first-order valence-electron chi connectivity index (χ1n) is 4.72. The predicted molar refractivity (Wildman–Crippen MR) is 63.8 cm³/mol. The van der Waals surface area contributed by atoms with Gasteiger partial charge in [0.15, 0.2) is 7.29 Å². The molecule has 0 aliphatic heterocycles. The van der Waals surface area contributed by atoms with Gasteiger partial charge >= 0.3 is 0 Å². The molecule has 0 radical (unpaired) electrons. The predicted octanol–water partition coefficient (Wildman–Crippen LogP) is 4.07. The van der Waals surface area contributed by atoms with Crippen molar-refractivity contribution < 1.29 is 4.57 Å². The summed E-state index contributed by atoms with van der Waals surface area (Å²) in [7, 11) is -2.26. The second-order valence-corrected chi connectivity index (χ2v) is 6.79. The molecule has 2 nitrogen and oxygen atoms in total. The smallest absolute Gasteiger partial charge is 0.169 e. The van der Waals surface area contributed by atoms with E-state index in [1.54, 1.807) is 6.07 Å². The molecule has 78 valence electrons. The summed E-state index contributed by atoms with van der Waals surface area (Å²) in [6.07, 6.45) is 1.30. The van der Waals surface area contributed by atoms with Crippen LogP contribution in [0.25, 0.3) is 0 Å². The van der Waals surface area contributed by atoms with Gasteiger partial charge in [-0.1, -0.05) is 37.6 Å². The average molecular weight is 232 g/mol. The molecule has 1 rings (SSSR count). The van der Waals surface area contributed by atoms with Gasteiger partial charge < -0.3 is 9.65 Å². The number of anilines is 1. The van der Waals surface area contributed by atoms with Crippen LogP contribution in [0, 0.1) is 0 Å². The zero-order chi connectivity index (χ0) is 10.6. The first-order chi connectivity index (χ1) is 6.61. The minimum atomic E-state index is -2.26. The summed E-state index contributed by atoms with van der Waals surface area (Å²) < 4.78 is 12.1. The molecule has 0 amide bonds. The molecule has 0 bridgehead atoms.